The molecule has 0 aromatic heterocycles. The number of halogens is 1. The van der Waals surface area contributed by atoms with E-state index in [1.807, 2.05) is 12.1 Å². The van der Waals surface area contributed by atoms with Gasteiger partial charge < -0.3 is 25.6 Å². The lowest BCUT2D eigenvalue weighted by atomic mass is 9.81. The van der Waals surface area contributed by atoms with E-state index in [2.05, 4.69) is 73.0 Å². The molecular weight excluding hydrogens is 452 g/mol. The van der Waals surface area contributed by atoms with Crippen LogP contribution in [0.1, 0.15) is 49.0 Å². The fourth-order valence-corrected chi connectivity index (χ4v) is 4.33. The molecule has 0 spiro atoms. The van der Waals surface area contributed by atoms with Crippen molar-refractivity contribution in [3.63, 3.8) is 0 Å². The molecule has 3 aromatic rings. The molecule has 1 atom stereocenters. The third-order valence-corrected chi connectivity index (χ3v) is 5.98. The molecule has 1 amide bonds. The number of phenols is 1. The number of carbonyl (C=O) groups is 1. The van der Waals surface area contributed by atoms with E-state index < -0.39 is 6.10 Å². The number of ether oxygens (including phenoxy) is 1. The summed E-state index contributed by atoms with van der Waals surface area (Å²) in [6.45, 7) is 4.38. The van der Waals surface area contributed by atoms with Gasteiger partial charge in [-0.05, 0) is 37.5 Å². The maximum Gasteiger partial charge on any atom is 0.262 e. The van der Waals surface area contributed by atoms with Crippen molar-refractivity contribution in [3.05, 3.63) is 89.5 Å². The van der Waals surface area contributed by atoms with E-state index in [4.69, 9.17) is 4.74 Å². The maximum absolute atomic E-state index is 11.6. The number of benzene rings is 3. The summed E-state index contributed by atoms with van der Waals surface area (Å²) in [7, 11) is 0. The summed E-state index contributed by atoms with van der Waals surface area (Å²) in [6, 6.07) is 23.7. The van der Waals surface area contributed by atoms with Crippen molar-refractivity contribution in [3.8, 4) is 11.5 Å². The van der Waals surface area contributed by atoms with E-state index in [0.29, 0.717) is 17.0 Å². The van der Waals surface area contributed by atoms with Crippen LogP contribution in [0.25, 0.3) is 0 Å². The van der Waals surface area contributed by atoms with E-state index in [0.717, 1.165) is 6.42 Å². The second-order valence-electron chi connectivity index (χ2n) is 9.11. The Morgan fingerprint density at radius 3 is 2.21 bits per heavy atom. The van der Waals surface area contributed by atoms with Crippen molar-refractivity contribution in [1.29, 1.82) is 0 Å². The Bertz CT molecular complexity index is 1070. The Hall–Kier alpha value is -3.06. The zero-order valence-corrected chi connectivity index (χ0v) is 20.1. The predicted octanol–water partition coefficient (Wildman–Crippen LogP) is 4.77. The van der Waals surface area contributed by atoms with Crippen LogP contribution in [0.3, 0.4) is 0 Å². The van der Waals surface area contributed by atoms with Crippen LogP contribution in [-0.4, -0.2) is 34.8 Å². The van der Waals surface area contributed by atoms with Crippen LogP contribution in [0.15, 0.2) is 72.8 Å². The quantitative estimate of drug-likeness (QED) is 0.371. The first kappa shape index (κ1) is 25.6. The van der Waals surface area contributed by atoms with Gasteiger partial charge in [0.25, 0.3) is 5.91 Å². The van der Waals surface area contributed by atoms with E-state index in [1.165, 1.54) is 23.3 Å². The Morgan fingerprint density at radius 2 is 1.62 bits per heavy atom. The number of aromatic hydroxyl groups is 1. The van der Waals surface area contributed by atoms with Gasteiger partial charge in [0.1, 0.15) is 11.5 Å². The molecule has 0 saturated heterocycles. The number of β-amino-alcohol motifs (C(OH)–C–C–N with tert-alkyl or cyclic N) is 1. The summed E-state index contributed by atoms with van der Waals surface area (Å²) in [5.41, 5.74) is 2.99. The van der Waals surface area contributed by atoms with Crippen LogP contribution in [0, 0.1) is 0 Å². The Labute approximate surface area is 206 Å². The molecule has 0 unspecified atom stereocenters. The van der Waals surface area contributed by atoms with Gasteiger partial charge in [0.2, 0.25) is 0 Å². The minimum atomic E-state index is -0.924. The Balaban J connectivity index is 0.00000324. The minimum absolute atomic E-state index is 0. The number of fused-ring (bicyclic) bond motifs is 1. The first-order valence-corrected chi connectivity index (χ1v) is 11.1. The van der Waals surface area contributed by atoms with E-state index in [1.54, 1.807) is 0 Å². The molecular formula is C27H31ClN2O4. The highest BCUT2D eigenvalue weighted by Gasteiger charge is 2.28. The number of aliphatic hydroxyl groups is 1. The van der Waals surface area contributed by atoms with Crippen LogP contribution in [0.2, 0.25) is 0 Å². The monoisotopic (exact) mass is 482 g/mol. The third kappa shape index (κ3) is 6.08. The molecule has 0 bridgehead atoms. The molecule has 1 aliphatic heterocycles. The van der Waals surface area contributed by atoms with Crippen LogP contribution < -0.4 is 15.4 Å². The molecule has 6 nitrogen and oxygen atoms in total. The highest BCUT2D eigenvalue weighted by Crippen LogP contribution is 2.39. The lowest BCUT2D eigenvalue weighted by molar-refractivity contribution is -0.118. The molecule has 34 heavy (non-hydrogen) atoms. The molecule has 180 valence electrons. The summed E-state index contributed by atoms with van der Waals surface area (Å²) in [5, 5.41) is 27.2. The Kier molecular flexibility index (Phi) is 8.20. The van der Waals surface area contributed by atoms with E-state index in [-0.39, 0.29) is 48.7 Å². The summed E-state index contributed by atoms with van der Waals surface area (Å²) in [4.78, 5) is 11.6. The lowest BCUT2D eigenvalue weighted by Crippen LogP contribution is -2.43. The van der Waals surface area contributed by atoms with Crippen molar-refractivity contribution < 1.29 is 19.7 Å². The lowest BCUT2D eigenvalue weighted by Gasteiger charge is -2.33. The number of amides is 1. The van der Waals surface area contributed by atoms with Crippen LogP contribution in [0.4, 0.5) is 5.69 Å². The normalized spacial score (nSPS) is 13.9. The van der Waals surface area contributed by atoms with Gasteiger partial charge in [0, 0.05) is 29.6 Å². The fourth-order valence-electron chi connectivity index (χ4n) is 4.33. The van der Waals surface area contributed by atoms with Crippen molar-refractivity contribution in [2.75, 3.05) is 18.5 Å². The summed E-state index contributed by atoms with van der Waals surface area (Å²) in [5.74, 6) is 0.256. The maximum atomic E-state index is 11.6. The first-order chi connectivity index (χ1) is 15.8. The molecule has 1 heterocycles. The average Bonchev–Trinajstić information content (AvgIpc) is 2.81. The number of phenolic OH excluding ortho intramolecular Hbond substituents is 1. The zero-order valence-electron chi connectivity index (χ0n) is 19.3. The van der Waals surface area contributed by atoms with E-state index in [9.17, 15) is 15.0 Å². The second kappa shape index (κ2) is 10.9. The molecule has 1 aliphatic rings. The zero-order chi connectivity index (χ0) is 23.4. The second-order valence-corrected chi connectivity index (χ2v) is 9.11. The SMILES string of the molecule is CC(C)(CC(c1ccccc1)c1ccccc1)NC[C@H](O)c1cc(O)cc2c1OCC(=O)N2.Cl. The molecule has 0 fully saturated rings. The van der Waals surface area contributed by atoms with Gasteiger partial charge in [-0.3, -0.25) is 4.79 Å². The standard InChI is InChI=1S/C27H30N2O4.ClH/c1-27(2,15-22(18-9-5-3-6-10-18)19-11-7-4-8-12-19)28-16-24(31)21-13-20(30)14-23-26(21)33-17-25(32)29-23;/h3-14,22,24,28,30-31H,15-17H2,1-2H3,(H,29,32);1H/t24-;/m0./s1. The summed E-state index contributed by atoms with van der Waals surface area (Å²) < 4.78 is 5.54. The van der Waals surface area contributed by atoms with Crippen molar-refractivity contribution in [2.45, 2.75) is 37.8 Å². The van der Waals surface area contributed by atoms with Crippen molar-refractivity contribution >= 4 is 24.0 Å². The van der Waals surface area contributed by atoms with Crippen molar-refractivity contribution in [1.82, 2.24) is 5.32 Å². The van der Waals surface area contributed by atoms with Gasteiger partial charge in [-0.25, -0.2) is 0 Å². The van der Waals surface area contributed by atoms with Gasteiger partial charge in [-0.2, -0.15) is 0 Å². The van der Waals surface area contributed by atoms with Crippen LogP contribution >= 0.6 is 12.4 Å². The fraction of sp³-hybridized carbons (Fsp3) is 0.296. The summed E-state index contributed by atoms with van der Waals surface area (Å²) in [6.07, 6.45) is -0.106. The largest absolute Gasteiger partial charge is 0.508 e. The number of rotatable bonds is 8. The molecule has 7 heteroatoms. The minimum Gasteiger partial charge on any atom is -0.508 e. The highest BCUT2D eigenvalue weighted by molar-refractivity contribution is 5.96. The topological polar surface area (TPSA) is 90.8 Å². The van der Waals surface area contributed by atoms with Gasteiger partial charge >= 0.3 is 0 Å². The number of hydrogen-bond donors (Lipinski definition) is 4. The number of nitrogens with one attached hydrogen (secondary N) is 2. The molecule has 0 saturated carbocycles. The van der Waals surface area contributed by atoms with Crippen molar-refractivity contribution in [2.24, 2.45) is 0 Å². The van der Waals surface area contributed by atoms with Gasteiger partial charge in [-0.1, -0.05) is 60.7 Å². The van der Waals surface area contributed by atoms with Gasteiger partial charge in [-0.15, -0.1) is 12.4 Å². The van der Waals surface area contributed by atoms with E-state index >= 15 is 0 Å². The van der Waals surface area contributed by atoms with Gasteiger partial charge in [0.05, 0.1) is 11.8 Å². The average molecular weight is 483 g/mol. The first-order valence-electron chi connectivity index (χ1n) is 11.1. The third-order valence-electron chi connectivity index (χ3n) is 5.98. The predicted molar refractivity (Wildman–Crippen MR) is 136 cm³/mol. The Morgan fingerprint density at radius 1 is 1.03 bits per heavy atom. The molecule has 3 aromatic carbocycles. The molecule has 4 rings (SSSR count). The highest BCUT2D eigenvalue weighted by atomic mass is 35.5. The van der Waals surface area contributed by atoms with Crippen LogP contribution in [0.5, 0.6) is 11.5 Å². The number of anilines is 1. The number of carbonyl (C=O) groups excluding carboxylic acids is 1. The number of aliphatic hydroxyl groups excluding tert-OH is 1. The van der Waals surface area contributed by atoms with Gasteiger partial charge in [0.15, 0.2) is 6.61 Å². The van der Waals surface area contributed by atoms with Crippen LogP contribution in [-0.2, 0) is 4.79 Å². The summed E-state index contributed by atoms with van der Waals surface area (Å²) >= 11 is 0. The molecule has 0 radical (unpaired) electrons. The smallest absolute Gasteiger partial charge is 0.262 e. The molecule has 0 aliphatic carbocycles. The molecule has 4 N–H and O–H groups in total. The number of hydrogen-bond acceptors (Lipinski definition) is 5.